The lowest BCUT2D eigenvalue weighted by molar-refractivity contribution is -0.142. The number of nitrogens with zero attached hydrogens (tertiary/aromatic N) is 2. The number of methoxy groups -OCH3 is 1. The summed E-state index contributed by atoms with van der Waals surface area (Å²) >= 11 is 0. The van der Waals surface area contributed by atoms with E-state index in [0.29, 0.717) is 38.7 Å². The molecule has 1 aliphatic rings. The minimum atomic E-state index is -3.67. The maximum Gasteiger partial charge on any atom is 0.305 e. The van der Waals surface area contributed by atoms with Gasteiger partial charge in [0.1, 0.15) is 11.5 Å². The molecule has 150 valence electrons. The summed E-state index contributed by atoms with van der Waals surface area (Å²) in [5.74, 6) is 0.0214. The van der Waals surface area contributed by atoms with E-state index in [1.165, 1.54) is 29.7 Å². The quantitative estimate of drug-likeness (QED) is 0.652. The van der Waals surface area contributed by atoms with Crippen molar-refractivity contribution >= 4 is 16.0 Å². The Labute approximate surface area is 158 Å². The van der Waals surface area contributed by atoms with Crippen molar-refractivity contribution in [3.05, 3.63) is 30.2 Å². The number of esters is 1. The Morgan fingerprint density at radius 1 is 1.41 bits per heavy atom. The molecule has 0 aromatic carbocycles. The van der Waals surface area contributed by atoms with Gasteiger partial charge in [-0.05, 0) is 24.8 Å². The van der Waals surface area contributed by atoms with E-state index in [9.17, 15) is 17.6 Å². The molecule has 0 bridgehead atoms. The third kappa shape index (κ3) is 5.72. The molecule has 2 rings (SSSR count). The molecule has 1 fully saturated rings. The van der Waals surface area contributed by atoms with E-state index in [1.54, 1.807) is 0 Å². The molecule has 1 aromatic heterocycles. The number of aromatic nitrogens is 1. The lowest BCUT2D eigenvalue weighted by Crippen LogP contribution is -2.39. The van der Waals surface area contributed by atoms with Gasteiger partial charge >= 0.3 is 5.97 Å². The maximum absolute atomic E-state index is 12.7. The average molecular weight is 401 g/mol. The van der Waals surface area contributed by atoms with Gasteiger partial charge in [0.05, 0.1) is 19.6 Å². The first-order valence-corrected chi connectivity index (χ1v) is 9.98. The Kier molecular flexibility index (Phi) is 7.69. The predicted octanol–water partition coefficient (Wildman–Crippen LogP) is 1.24. The van der Waals surface area contributed by atoms with E-state index in [4.69, 9.17) is 10.5 Å². The number of hydrogen-bond acceptors (Lipinski definition) is 7. The van der Waals surface area contributed by atoms with E-state index in [-0.39, 0.29) is 41.4 Å². The Balaban J connectivity index is 1.96. The summed E-state index contributed by atoms with van der Waals surface area (Å²) in [6, 6.07) is 2.82. The molecule has 0 unspecified atom stereocenters. The van der Waals surface area contributed by atoms with Crippen LogP contribution in [0.5, 0.6) is 5.88 Å². The first-order valence-electron chi connectivity index (χ1n) is 8.54. The van der Waals surface area contributed by atoms with Crippen LogP contribution in [-0.2, 0) is 19.6 Å². The lowest BCUT2D eigenvalue weighted by Gasteiger charge is -2.30. The number of hydrogen-bond donors (Lipinski definition) is 1. The number of piperidine rings is 1. The summed E-state index contributed by atoms with van der Waals surface area (Å²) in [5, 5.41) is 0. The molecular formula is C17H24FN3O5S. The van der Waals surface area contributed by atoms with E-state index in [0.717, 1.165) is 0 Å². The molecular weight excluding hydrogens is 377 g/mol. The van der Waals surface area contributed by atoms with Crippen molar-refractivity contribution in [2.24, 2.45) is 11.7 Å². The van der Waals surface area contributed by atoms with Crippen LogP contribution in [0.3, 0.4) is 0 Å². The summed E-state index contributed by atoms with van der Waals surface area (Å²) in [7, 11) is -2.33. The second-order valence-electron chi connectivity index (χ2n) is 6.22. The summed E-state index contributed by atoms with van der Waals surface area (Å²) in [6.07, 6.45) is 3.09. The van der Waals surface area contributed by atoms with Crippen LogP contribution in [0.25, 0.3) is 0 Å². The average Bonchev–Trinajstić information content (AvgIpc) is 2.69. The highest BCUT2D eigenvalue weighted by atomic mass is 32.2. The molecule has 8 nitrogen and oxygen atoms in total. The molecule has 1 saturated heterocycles. The zero-order chi connectivity index (χ0) is 19.9. The minimum absolute atomic E-state index is 0.0227. The standard InChI is InChI=1S/C17H24FN3O5S/c1-25-17(22)8-13-4-6-21(7-5-13)27(23,24)15-2-3-16(20-11-15)26-12-14(9-18)10-19/h2-3,9,11,13H,4-8,10,12,19H2,1H3/b14-9-. The smallest absolute Gasteiger partial charge is 0.305 e. The van der Waals surface area contributed by atoms with Gasteiger partial charge in [-0.3, -0.25) is 4.79 Å². The van der Waals surface area contributed by atoms with E-state index >= 15 is 0 Å². The third-order valence-corrected chi connectivity index (χ3v) is 6.31. The molecule has 0 atom stereocenters. The molecule has 0 saturated carbocycles. The fourth-order valence-corrected chi connectivity index (χ4v) is 4.14. The van der Waals surface area contributed by atoms with Crippen LogP contribution in [-0.4, -0.2) is 57.0 Å². The van der Waals surface area contributed by atoms with Crippen molar-refractivity contribution < 1.29 is 27.1 Å². The predicted molar refractivity (Wildman–Crippen MR) is 96.1 cm³/mol. The van der Waals surface area contributed by atoms with Crippen molar-refractivity contribution in [3.63, 3.8) is 0 Å². The fourth-order valence-electron chi connectivity index (χ4n) is 2.73. The number of rotatable bonds is 8. The van der Waals surface area contributed by atoms with Gasteiger partial charge < -0.3 is 15.2 Å². The van der Waals surface area contributed by atoms with E-state index in [1.807, 2.05) is 0 Å². The summed E-state index contributed by atoms with van der Waals surface area (Å²) in [4.78, 5) is 15.4. The van der Waals surface area contributed by atoms with Gasteiger partial charge in [-0.25, -0.2) is 17.8 Å². The van der Waals surface area contributed by atoms with Crippen LogP contribution in [0.15, 0.2) is 35.1 Å². The van der Waals surface area contributed by atoms with Gasteiger partial charge in [-0.2, -0.15) is 4.31 Å². The number of sulfonamides is 1. The first kappa shape index (κ1) is 21.3. The molecule has 1 aromatic rings. The molecule has 2 N–H and O–H groups in total. The topological polar surface area (TPSA) is 112 Å². The number of halogens is 1. The summed E-state index contributed by atoms with van der Waals surface area (Å²) in [6.45, 7) is 0.640. The maximum atomic E-state index is 12.7. The highest BCUT2D eigenvalue weighted by Crippen LogP contribution is 2.26. The van der Waals surface area contributed by atoms with Gasteiger partial charge in [0, 0.05) is 37.7 Å². The second kappa shape index (κ2) is 9.77. The fraction of sp³-hybridized carbons (Fsp3) is 0.529. The largest absolute Gasteiger partial charge is 0.473 e. The first-order chi connectivity index (χ1) is 12.9. The number of nitrogens with two attached hydrogens (primary N) is 1. The monoisotopic (exact) mass is 401 g/mol. The highest BCUT2D eigenvalue weighted by Gasteiger charge is 2.30. The van der Waals surface area contributed by atoms with E-state index in [2.05, 4.69) is 9.72 Å². The molecule has 0 spiro atoms. The van der Waals surface area contributed by atoms with Crippen LogP contribution >= 0.6 is 0 Å². The van der Waals surface area contributed by atoms with Crippen LogP contribution in [0.2, 0.25) is 0 Å². The van der Waals surface area contributed by atoms with Crippen molar-refractivity contribution in [3.8, 4) is 5.88 Å². The zero-order valence-electron chi connectivity index (χ0n) is 15.1. The number of ether oxygens (including phenoxy) is 2. The van der Waals surface area contributed by atoms with Gasteiger partial charge in [-0.15, -0.1) is 0 Å². The van der Waals surface area contributed by atoms with Gasteiger partial charge in [0.15, 0.2) is 0 Å². The molecule has 0 radical (unpaired) electrons. The highest BCUT2D eigenvalue weighted by molar-refractivity contribution is 7.89. The molecule has 27 heavy (non-hydrogen) atoms. The number of carbonyl (C=O) groups excluding carboxylic acids is 1. The second-order valence-corrected chi connectivity index (χ2v) is 8.16. The van der Waals surface area contributed by atoms with Crippen molar-refractivity contribution in [2.75, 3.05) is 33.4 Å². The van der Waals surface area contributed by atoms with Crippen LogP contribution in [0.4, 0.5) is 4.39 Å². The van der Waals surface area contributed by atoms with Gasteiger partial charge in [0.2, 0.25) is 15.9 Å². The molecule has 1 aliphatic heterocycles. The summed E-state index contributed by atoms with van der Waals surface area (Å²) in [5.41, 5.74) is 5.60. The zero-order valence-corrected chi connectivity index (χ0v) is 16.0. The van der Waals surface area contributed by atoms with Crippen LogP contribution < -0.4 is 10.5 Å². The molecule has 2 heterocycles. The minimum Gasteiger partial charge on any atom is -0.473 e. The number of carbonyl (C=O) groups is 1. The van der Waals surface area contributed by atoms with Gasteiger partial charge in [0.25, 0.3) is 0 Å². The molecule has 10 heteroatoms. The Bertz CT molecular complexity index is 759. The molecule has 0 aliphatic carbocycles. The summed E-state index contributed by atoms with van der Waals surface area (Å²) < 4.78 is 49.2. The Hall–Kier alpha value is -2.04. The van der Waals surface area contributed by atoms with Gasteiger partial charge in [-0.1, -0.05) is 0 Å². The normalized spacial score (nSPS) is 16.9. The number of pyridine rings is 1. The Morgan fingerprint density at radius 3 is 2.63 bits per heavy atom. The van der Waals surface area contributed by atoms with Crippen molar-refractivity contribution in [1.82, 2.24) is 9.29 Å². The Morgan fingerprint density at radius 2 is 2.11 bits per heavy atom. The van der Waals surface area contributed by atoms with Crippen molar-refractivity contribution in [1.29, 1.82) is 0 Å². The molecule has 0 amide bonds. The van der Waals surface area contributed by atoms with E-state index < -0.39 is 10.0 Å². The van der Waals surface area contributed by atoms with Crippen LogP contribution in [0.1, 0.15) is 19.3 Å². The SMILES string of the molecule is COC(=O)CC1CCN(S(=O)(=O)c2ccc(OC/C(=C\F)CN)nc2)CC1. The lowest BCUT2D eigenvalue weighted by atomic mass is 9.95. The third-order valence-electron chi connectivity index (χ3n) is 4.43. The van der Waals surface area contributed by atoms with Crippen molar-refractivity contribution in [2.45, 2.75) is 24.2 Å². The van der Waals surface area contributed by atoms with Crippen LogP contribution in [0, 0.1) is 5.92 Å².